The van der Waals surface area contributed by atoms with Gasteiger partial charge in [-0.2, -0.15) is 0 Å². The van der Waals surface area contributed by atoms with Crippen LogP contribution in [0.1, 0.15) is 103 Å². The van der Waals surface area contributed by atoms with Crippen LogP contribution in [0, 0.1) is 11.8 Å². The van der Waals surface area contributed by atoms with Crippen LogP contribution in [-0.2, 0) is 13.6 Å². The van der Waals surface area contributed by atoms with E-state index in [1.54, 1.807) is 29.8 Å². The van der Waals surface area contributed by atoms with E-state index >= 15 is 0 Å². The Bertz CT molecular complexity index is 1330. The maximum atomic E-state index is 6.48. The van der Waals surface area contributed by atoms with E-state index in [1.165, 1.54) is 57.8 Å². The summed E-state index contributed by atoms with van der Waals surface area (Å²) < 4.78 is 31.6. The molecule has 5 nitrogen and oxygen atoms in total. The third kappa shape index (κ3) is 9.30. The van der Waals surface area contributed by atoms with Gasteiger partial charge < -0.3 is 0 Å². The van der Waals surface area contributed by atoms with Gasteiger partial charge in [0.1, 0.15) is 0 Å². The van der Waals surface area contributed by atoms with Gasteiger partial charge in [-0.1, -0.05) is 39.0 Å². The fourth-order valence-electron chi connectivity index (χ4n) is 5.18. The molecule has 0 unspecified atom stereocenters. The van der Waals surface area contributed by atoms with Gasteiger partial charge in [-0.3, -0.25) is 0 Å². The Morgan fingerprint density at radius 1 is 0.791 bits per heavy atom. The van der Waals surface area contributed by atoms with E-state index in [0.29, 0.717) is 13.2 Å². The van der Waals surface area contributed by atoms with Crippen LogP contribution in [0.2, 0.25) is 0 Å². The number of ether oxygens (including phenoxy) is 2. The number of rotatable bonds is 18. The summed E-state index contributed by atoms with van der Waals surface area (Å²) in [6, 6.07) is 12.7. The van der Waals surface area contributed by atoms with E-state index in [9.17, 15) is 0 Å². The Morgan fingerprint density at radius 2 is 1.44 bits per heavy atom. The molecule has 1 aliphatic heterocycles. The zero-order valence-corrected chi connectivity index (χ0v) is 29.2. The van der Waals surface area contributed by atoms with Gasteiger partial charge in [0.25, 0.3) is 0 Å². The summed E-state index contributed by atoms with van der Waals surface area (Å²) >= 11 is 3.36. The molecule has 8 heteroatoms. The molecular formula is C35H49O5PS2. The molecule has 4 rings (SSSR count). The molecule has 3 heterocycles. The zero-order chi connectivity index (χ0) is 30.5. The molecule has 2 aromatic heterocycles. The quantitative estimate of drug-likeness (QED) is 0.0783. The summed E-state index contributed by atoms with van der Waals surface area (Å²) in [5, 5.41) is 0. The van der Waals surface area contributed by atoms with Gasteiger partial charge >= 0.3 is 217 Å². The van der Waals surface area contributed by atoms with Crippen molar-refractivity contribution in [2.75, 3.05) is 20.3 Å². The van der Waals surface area contributed by atoms with Crippen LogP contribution in [0.25, 0.3) is 20.9 Å². The molecule has 1 saturated heterocycles. The number of benzene rings is 1. The number of hydrogen-bond acceptors (Lipinski definition) is 7. The number of thiophene rings is 2. The second-order valence-electron chi connectivity index (χ2n) is 10.9. The van der Waals surface area contributed by atoms with Gasteiger partial charge in [-0.15, -0.1) is 0 Å². The average Bonchev–Trinajstić information content (AvgIpc) is 3.68. The predicted molar refractivity (Wildman–Crippen MR) is 185 cm³/mol. The van der Waals surface area contributed by atoms with Crippen LogP contribution in [0.15, 0.2) is 36.4 Å². The molecule has 1 aromatic carbocycles. The third-order valence-corrected chi connectivity index (χ3v) is 13.2. The molecular weight excluding hydrogens is 595 g/mol. The Kier molecular flexibility index (Phi) is 13.9. The molecule has 0 N–H and O–H groups in total. The molecule has 0 saturated carbocycles. The summed E-state index contributed by atoms with van der Waals surface area (Å²) in [6.45, 7) is 9.60. The van der Waals surface area contributed by atoms with E-state index in [4.69, 9.17) is 23.0 Å². The molecule has 1 aliphatic rings. The first kappa shape index (κ1) is 34.0. The van der Waals surface area contributed by atoms with E-state index in [0.717, 1.165) is 54.7 Å². The van der Waals surface area contributed by atoms with Crippen molar-refractivity contribution in [1.29, 1.82) is 0 Å². The maximum absolute atomic E-state index is 6.48. The number of hydrogen-bond donors (Lipinski definition) is 0. The van der Waals surface area contributed by atoms with E-state index in [-0.39, 0.29) is 6.29 Å². The molecule has 0 radical (unpaired) electrons. The Hall–Kier alpha value is -1.91. The molecule has 236 valence electrons. The second-order valence-corrected chi connectivity index (χ2v) is 15.8. The van der Waals surface area contributed by atoms with E-state index < -0.39 is 7.94 Å². The van der Waals surface area contributed by atoms with E-state index in [2.05, 4.69) is 62.1 Å². The predicted octanol–water partition coefficient (Wildman–Crippen LogP) is 10.8. The second kappa shape index (κ2) is 17.5. The molecule has 0 spiro atoms. The van der Waals surface area contributed by atoms with Crippen LogP contribution in [0.4, 0.5) is 0 Å². The summed E-state index contributed by atoms with van der Waals surface area (Å²) in [7, 11) is -1.09. The molecule has 0 bridgehead atoms. The monoisotopic (exact) mass is 644 g/mol. The summed E-state index contributed by atoms with van der Waals surface area (Å²) in [6.07, 6.45) is 13.1. The SMILES string of the molecule is CCCCCCCCC#Cc1ccc(-c2cc(OCCCCCC)c(-c3ccc([PH]4(OCC)OC(C)O4)s3)cc2OC)s1. The van der Waals surface area contributed by atoms with Crippen molar-refractivity contribution in [3.63, 3.8) is 0 Å². The molecule has 3 aromatic rings. The summed E-state index contributed by atoms with van der Waals surface area (Å²) in [4.78, 5) is 3.29. The standard InChI is InChI=1S/C35H49O5PS2/c1-6-9-11-13-14-15-16-17-19-28-20-21-33(42-28)29-26-32(37-24-18-12-10-7-2)30(25-31(29)36-5)34-22-23-35(43-34)41(38-8-3)39-27(4)40-41/h20-23,25-27,41H,6-16,18,24H2,1-5H3. The Balaban J connectivity index is 1.56. The van der Waals surface area contributed by atoms with Crippen LogP contribution >= 0.6 is 30.6 Å². The van der Waals surface area contributed by atoms with Crippen molar-refractivity contribution < 1.29 is 23.0 Å². The third-order valence-electron chi connectivity index (χ3n) is 7.45. The van der Waals surface area contributed by atoms with Crippen molar-refractivity contribution in [2.24, 2.45) is 0 Å². The molecule has 1 fully saturated rings. The van der Waals surface area contributed by atoms with Crippen LogP contribution in [0.3, 0.4) is 0 Å². The molecule has 0 aliphatic carbocycles. The zero-order valence-electron chi connectivity index (χ0n) is 26.6. The van der Waals surface area contributed by atoms with Crippen LogP contribution in [-0.4, -0.2) is 26.6 Å². The number of unbranched alkanes of at least 4 members (excludes halogenated alkanes) is 9. The summed E-state index contributed by atoms with van der Waals surface area (Å²) in [5.41, 5.74) is 2.04. The van der Waals surface area contributed by atoms with Crippen molar-refractivity contribution in [1.82, 2.24) is 0 Å². The van der Waals surface area contributed by atoms with Crippen molar-refractivity contribution >= 4 is 35.2 Å². The van der Waals surface area contributed by atoms with Crippen molar-refractivity contribution in [3.05, 3.63) is 41.3 Å². The first-order chi connectivity index (χ1) is 21.0. The van der Waals surface area contributed by atoms with Crippen LogP contribution < -0.4 is 14.1 Å². The van der Waals surface area contributed by atoms with Gasteiger partial charge in [0.15, 0.2) is 0 Å². The number of methoxy groups -OCH3 is 1. The fourth-order valence-corrected chi connectivity index (χ4v) is 10.2. The van der Waals surface area contributed by atoms with Gasteiger partial charge in [-0.05, 0) is 6.42 Å². The first-order valence-electron chi connectivity index (χ1n) is 16.1. The van der Waals surface area contributed by atoms with Crippen LogP contribution in [0.5, 0.6) is 11.5 Å². The Morgan fingerprint density at radius 3 is 2.16 bits per heavy atom. The average molecular weight is 645 g/mol. The van der Waals surface area contributed by atoms with Gasteiger partial charge in [-0.25, -0.2) is 0 Å². The van der Waals surface area contributed by atoms with Crippen molar-refractivity contribution in [3.8, 4) is 44.2 Å². The molecule has 0 amide bonds. The Labute approximate surface area is 267 Å². The topological polar surface area (TPSA) is 46.2 Å². The van der Waals surface area contributed by atoms with Gasteiger partial charge in [0.05, 0.1) is 0 Å². The minimum atomic E-state index is -2.82. The van der Waals surface area contributed by atoms with E-state index in [1.807, 2.05) is 13.8 Å². The summed E-state index contributed by atoms with van der Waals surface area (Å²) in [5.74, 6) is 8.45. The normalized spacial score (nSPS) is 16.3. The molecule has 43 heavy (non-hydrogen) atoms. The molecule has 0 atom stereocenters. The van der Waals surface area contributed by atoms with Gasteiger partial charge in [0, 0.05) is 6.42 Å². The minimum absolute atomic E-state index is 0.235. The first-order valence-corrected chi connectivity index (χ1v) is 19.4. The fraction of sp³-hybridized carbons (Fsp3) is 0.543. The van der Waals surface area contributed by atoms with Gasteiger partial charge in [0.2, 0.25) is 0 Å². The van der Waals surface area contributed by atoms with Crippen molar-refractivity contribution in [2.45, 2.75) is 105 Å².